The molecule has 0 radical (unpaired) electrons. The Bertz CT molecular complexity index is 677. The molecule has 0 unspecified atom stereocenters. The highest BCUT2D eigenvalue weighted by atomic mass is 32.2. The maximum absolute atomic E-state index is 8.80. The lowest BCUT2D eigenvalue weighted by Crippen LogP contribution is -2.21. The van der Waals surface area contributed by atoms with Crippen molar-refractivity contribution in [2.75, 3.05) is 31.6 Å². The Hall–Kier alpha value is -1.92. The number of rotatable bonds is 10. The van der Waals surface area contributed by atoms with Crippen molar-refractivity contribution < 1.29 is 0 Å². The number of hydrogen-bond acceptors (Lipinski definition) is 5. The standard InChI is InChI=1S/C21H23N3S2/c1-24(12-2-14-25-20-8-4-18(16-22)5-9-20)13-3-15-26-21-10-6-19(17-23)7-11-21/h4-11H,2-3,12-15H2,1H3. The van der Waals surface area contributed by atoms with Crippen molar-refractivity contribution in [3.8, 4) is 12.1 Å². The van der Waals surface area contributed by atoms with E-state index in [2.05, 4.69) is 24.1 Å². The van der Waals surface area contributed by atoms with Gasteiger partial charge in [0.2, 0.25) is 0 Å². The molecular weight excluding hydrogens is 358 g/mol. The van der Waals surface area contributed by atoms with Crippen LogP contribution >= 0.6 is 23.5 Å². The third-order valence-electron chi connectivity index (χ3n) is 3.87. The third kappa shape index (κ3) is 7.54. The first-order chi connectivity index (χ1) is 12.7. The van der Waals surface area contributed by atoms with Gasteiger partial charge in [-0.15, -0.1) is 23.5 Å². The van der Waals surface area contributed by atoms with E-state index in [1.54, 1.807) is 0 Å². The quantitative estimate of drug-likeness (QED) is 0.427. The van der Waals surface area contributed by atoms with E-state index in [-0.39, 0.29) is 0 Å². The molecule has 0 saturated carbocycles. The van der Waals surface area contributed by atoms with Gasteiger partial charge in [-0.25, -0.2) is 0 Å². The molecule has 0 saturated heterocycles. The molecule has 3 nitrogen and oxygen atoms in total. The van der Waals surface area contributed by atoms with Crippen molar-refractivity contribution in [3.05, 3.63) is 59.7 Å². The van der Waals surface area contributed by atoms with E-state index in [4.69, 9.17) is 10.5 Å². The molecule has 0 atom stereocenters. The van der Waals surface area contributed by atoms with E-state index in [1.807, 2.05) is 72.1 Å². The van der Waals surface area contributed by atoms with Crippen molar-refractivity contribution in [1.82, 2.24) is 4.90 Å². The zero-order valence-electron chi connectivity index (χ0n) is 15.0. The Morgan fingerprint density at radius 1 is 0.731 bits per heavy atom. The van der Waals surface area contributed by atoms with Gasteiger partial charge in [0.1, 0.15) is 0 Å². The molecule has 0 N–H and O–H groups in total. The topological polar surface area (TPSA) is 50.8 Å². The SMILES string of the molecule is CN(CCCSc1ccc(C#N)cc1)CCCSc1ccc(C#N)cc1. The fourth-order valence-corrected chi connectivity index (χ4v) is 4.09. The number of nitriles is 2. The van der Waals surface area contributed by atoms with Gasteiger partial charge in [0.05, 0.1) is 23.3 Å². The van der Waals surface area contributed by atoms with Crippen molar-refractivity contribution in [2.45, 2.75) is 22.6 Å². The number of nitrogens with zero attached hydrogens (tertiary/aromatic N) is 3. The Kier molecular flexibility index (Phi) is 9.14. The largest absolute Gasteiger partial charge is 0.306 e. The van der Waals surface area contributed by atoms with Crippen LogP contribution in [0.3, 0.4) is 0 Å². The van der Waals surface area contributed by atoms with Gasteiger partial charge in [-0.3, -0.25) is 0 Å². The molecule has 2 aromatic carbocycles. The highest BCUT2D eigenvalue weighted by molar-refractivity contribution is 7.99. The van der Waals surface area contributed by atoms with Crippen molar-refractivity contribution >= 4 is 23.5 Å². The molecule has 0 aliphatic heterocycles. The molecule has 0 aromatic heterocycles. The van der Waals surface area contributed by atoms with Crippen LogP contribution in [0.4, 0.5) is 0 Å². The minimum absolute atomic E-state index is 0.716. The third-order valence-corrected chi connectivity index (χ3v) is 6.07. The fourth-order valence-electron chi connectivity index (χ4n) is 2.41. The maximum Gasteiger partial charge on any atom is 0.0991 e. The molecule has 26 heavy (non-hydrogen) atoms. The summed E-state index contributed by atoms with van der Waals surface area (Å²) < 4.78 is 0. The van der Waals surface area contributed by atoms with E-state index in [0.717, 1.165) is 37.4 Å². The van der Waals surface area contributed by atoms with Gasteiger partial charge in [0.15, 0.2) is 0 Å². The molecule has 134 valence electrons. The summed E-state index contributed by atoms with van der Waals surface area (Å²) in [5.74, 6) is 2.19. The number of hydrogen-bond donors (Lipinski definition) is 0. The molecule has 0 bridgehead atoms. The van der Waals surface area contributed by atoms with Crippen LogP contribution in [0.2, 0.25) is 0 Å². The second kappa shape index (κ2) is 11.6. The highest BCUT2D eigenvalue weighted by Gasteiger charge is 2.01. The van der Waals surface area contributed by atoms with Gasteiger partial charge in [-0.1, -0.05) is 0 Å². The summed E-state index contributed by atoms with van der Waals surface area (Å²) in [4.78, 5) is 4.84. The van der Waals surface area contributed by atoms with E-state index in [9.17, 15) is 0 Å². The van der Waals surface area contributed by atoms with Crippen molar-refractivity contribution in [3.63, 3.8) is 0 Å². The molecule has 0 spiro atoms. The van der Waals surface area contributed by atoms with E-state index in [1.165, 1.54) is 9.79 Å². The van der Waals surface area contributed by atoms with Crippen LogP contribution in [0.15, 0.2) is 58.3 Å². The zero-order chi connectivity index (χ0) is 18.6. The molecule has 2 aromatic rings. The molecule has 0 aliphatic carbocycles. The summed E-state index contributed by atoms with van der Waals surface area (Å²) in [6.07, 6.45) is 2.31. The fraction of sp³-hybridized carbons (Fsp3) is 0.333. The van der Waals surface area contributed by atoms with Gasteiger partial charge in [-0.2, -0.15) is 10.5 Å². The van der Waals surface area contributed by atoms with Gasteiger partial charge >= 0.3 is 0 Å². The molecule has 0 heterocycles. The second-order valence-electron chi connectivity index (χ2n) is 5.98. The Morgan fingerprint density at radius 2 is 1.12 bits per heavy atom. The monoisotopic (exact) mass is 381 g/mol. The molecule has 2 rings (SSSR count). The van der Waals surface area contributed by atoms with Gasteiger partial charge in [0.25, 0.3) is 0 Å². The zero-order valence-corrected chi connectivity index (χ0v) is 16.7. The predicted molar refractivity (Wildman–Crippen MR) is 110 cm³/mol. The summed E-state index contributed by atoms with van der Waals surface area (Å²) in [7, 11) is 2.18. The van der Waals surface area contributed by atoms with Crippen LogP contribution in [0.25, 0.3) is 0 Å². The van der Waals surface area contributed by atoms with Crippen molar-refractivity contribution in [2.24, 2.45) is 0 Å². The first-order valence-electron chi connectivity index (χ1n) is 8.66. The molecule has 5 heteroatoms. The summed E-state index contributed by atoms with van der Waals surface area (Å²) in [6, 6.07) is 19.9. The minimum atomic E-state index is 0.716. The summed E-state index contributed by atoms with van der Waals surface area (Å²) in [5.41, 5.74) is 1.43. The normalized spacial score (nSPS) is 10.5. The van der Waals surface area contributed by atoms with E-state index < -0.39 is 0 Å². The first-order valence-corrected chi connectivity index (χ1v) is 10.6. The van der Waals surface area contributed by atoms with Gasteiger partial charge in [0, 0.05) is 9.79 Å². The summed E-state index contributed by atoms with van der Waals surface area (Å²) in [5, 5.41) is 17.6. The van der Waals surface area contributed by atoms with Crippen LogP contribution in [0.5, 0.6) is 0 Å². The van der Waals surface area contributed by atoms with Crippen LogP contribution in [-0.2, 0) is 0 Å². The summed E-state index contributed by atoms with van der Waals surface area (Å²) in [6.45, 7) is 2.20. The average molecular weight is 382 g/mol. The Morgan fingerprint density at radius 3 is 1.46 bits per heavy atom. The van der Waals surface area contributed by atoms with Crippen LogP contribution in [0, 0.1) is 22.7 Å². The lowest BCUT2D eigenvalue weighted by atomic mass is 10.2. The molecule has 0 aliphatic rings. The minimum Gasteiger partial charge on any atom is -0.306 e. The molecular formula is C21H23N3S2. The van der Waals surface area contributed by atoms with Crippen molar-refractivity contribution in [1.29, 1.82) is 10.5 Å². The van der Waals surface area contributed by atoms with E-state index in [0.29, 0.717) is 11.1 Å². The van der Waals surface area contributed by atoms with Crippen LogP contribution in [-0.4, -0.2) is 36.5 Å². The highest BCUT2D eigenvalue weighted by Crippen LogP contribution is 2.20. The van der Waals surface area contributed by atoms with Gasteiger partial charge < -0.3 is 4.90 Å². The molecule has 0 fully saturated rings. The predicted octanol–water partition coefficient (Wildman–Crippen LogP) is 5.03. The lowest BCUT2D eigenvalue weighted by molar-refractivity contribution is 0.337. The number of thioether (sulfide) groups is 2. The van der Waals surface area contributed by atoms with Crippen LogP contribution in [0.1, 0.15) is 24.0 Å². The van der Waals surface area contributed by atoms with E-state index >= 15 is 0 Å². The maximum atomic E-state index is 8.80. The number of benzene rings is 2. The first kappa shape index (κ1) is 20.4. The Labute approximate surface area is 165 Å². The smallest absolute Gasteiger partial charge is 0.0991 e. The van der Waals surface area contributed by atoms with Gasteiger partial charge in [-0.05, 0) is 93.0 Å². The molecule has 0 amide bonds. The summed E-state index contributed by atoms with van der Waals surface area (Å²) >= 11 is 3.69. The van der Waals surface area contributed by atoms with Crippen LogP contribution < -0.4 is 0 Å². The second-order valence-corrected chi connectivity index (χ2v) is 8.32. The Balaban J connectivity index is 1.53. The average Bonchev–Trinajstić information content (AvgIpc) is 2.69. The lowest BCUT2D eigenvalue weighted by Gasteiger charge is -2.16.